The molecule has 0 spiro atoms. The van der Waals surface area contributed by atoms with Crippen molar-refractivity contribution in [1.82, 2.24) is 14.9 Å². The fourth-order valence-electron chi connectivity index (χ4n) is 6.24. The van der Waals surface area contributed by atoms with Crippen LogP contribution >= 0.6 is 11.6 Å². The van der Waals surface area contributed by atoms with E-state index in [-0.39, 0.29) is 6.04 Å². The molecule has 36 heavy (non-hydrogen) atoms. The highest BCUT2D eigenvalue weighted by Crippen LogP contribution is 2.48. The summed E-state index contributed by atoms with van der Waals surface area (Å²) < 4.78 is 24.6. The average molecular weight is 536 g/mol. The fourth-order valence-corrected chi connectivity index (χ4v) is 8.30. The van der Waals surface area contributed by atoms with Gasteiger partial charge in [-0.05, 0) is 81.6 Å². The van der Waals surface area contributed by atoms with Crippen molar-refractivity contribution in [2.45, 2.75) is 70.1 Å². The number of nitrogens with zero attached hydrogens (tertiary/aromatic N) is 3. The number of β-amino-alcohol motifs (C(OH)–C–C–N with tert-alkyl or cyclic N) is 1. The number of aliphatic hydroxyl groups excluding tert-OH is 1. The summed E-state index contributed by atoms with van der Waals surface area (Å²) >= 11 is 6.43. The molecule has 4 atom stereocenters. The number of sulfone groups is 1. The van der Waals surface area contributed by atoms with Gasteiger partial charge in [-0.3, -0.25) is 0 Å². The van der Waals surface area contributed by atoms with Gasteiger partial charge >= 0.3 is 0 Å². The van der Waals surface area contributed by atoms with Gasteiger partial charge < -0.3 is 20.6 Å². The monoisotopic (exact) mass is 535 g/mol. The van der Waals surface area contributed by atoms with Gasteiger partial charge in [-0.15, -0.1) is 5.73 Å². The normalized spacial score (nSPS) is 30.4. The Bertz CT molecular complexity index is 1090. The second kappa shape index (κ2) is 10.9. The highest BCUT2D eigenvalue weighted by molar-refractivity contribution is 7.91. The number of fused-ring (bicyclic) bond motifs is 1. The van der Waals surface area contributed by atoms with Crippen molar-refractivity contribution >= 4 is 33.2 Å². The number of nitrogens with one attached hydrogen (secondary N) is 2. The second-order valence-corrected chi connectivity index (χ2v) is 14.1. The number of rotatable bonds is 11. The molecule has 1 aliphatic heterocycles. The van der Waals surface area contributed by atoms with Crippen molar-refractivity contribution in [3.05, 3.63) is 29.2 Å². The van der Waals surface area contributed by atoms with Crippen LogP contribution in [0.25, 0.3) is 0 Å². The van der Waals surface area contributed by atoms with Gasteiger partial charge in [0.25, 0.3) is 0 Å². The van der Waals surface area contributed by atoms with Gasteiger partial charge in [0.05, 0.1) is 29.8 Å². The summed E-state index contributed by atoms with van der Waals surface area (Å²) in [5.41, 5.74) is 3.12. The Labute approximate surface area is 219 Å². The molecule has 8 nitrogen and oxygen atoms in total. The lowest BCUT2D eigenvalue weighted by atomic mass is 9.99. The topological polar surface area (TPSA) is 107 Å². The Morgan fingerprint density at radius 2 is 1.94 bits per heavy atom. The number of halogens is 1. The van der Waals surface area contributed by atoms with Crippen LogP contribution in [0.15, 0.2) is 24.2 Å². The largest absolute Gasteiger partial charge is 0.392 e. The first-order valence-electron chi connectivity index (χ1n) is 13.3. The van der Waals surface area contributed by atoms with Gasteiger partial charge in [0.1, 0.15) is 5.02 Å². The average Bonchev–Trinajstić information content (AvgIpc) is 3.40. The maximum Gasteiger partial charge on any atom is 0.225 e. The molecule has 0 aromatic carbocycles. The fraction of sp³-hybridized carbons (Fsp3) is 0.731. The van der Waals surface area contributed by atoms with Crippen LogP contribution in [0.5, 0.6) is 0 Å². The van der Waals surface area contributed by atoms with E-state index in [4.69, 9.17) is 11.6 Å². The molecule has 4 aliphatic rings. The van der Waals surface area contributed by atoms with Gasteiger partial charge in [0, 0.05) is 25.3 Å². The number of aliphatic hydroxyl groups is 1. The molecule has 1 aromatic heterocycles. The first-order chi connectivity index (χ1) is 17.2. The first-order valence-corrected chi connectivity index (χ1v) is 15.5. The number of hydrogen-bond donors (Lipinski definition) is 3. The summed E-state index contributed by atoms with van der Waals surface area (Å²) in [5.74, 6) is 4.21. The van der Waals surface area contributed by atoms with E-state index in [0.717, 1.165) is 44.9 Å². The molecule has 5 rings (SSSR count). The number of aromatic nitrogens is 2. The standard InChI is InChI=1S/C26H38ClN5O3S/c1-17(33)14-32-7-2-3-22(15-32)30-26-28-13-24(27)25(31-26)29-23-11-20-9-19(10-21(20)12-23)6-8-36(34,35)16-18-4-5-18/h3,7,13,17-23,33H,4-6,8-12,14-16H2,1H3,(H2,28,29,30,31). The maximum atomic E-state index is 12.3. The summed E-state index contributed by atoms with van der Waals surface area (Å²) in [6.07, 6.45) is 12.4. The molecule has 3 N–H and O–H groups in total. The third-order valence-electron chi connectivity index (χ3n) is 8.02. The Morgan fingerprint density at radius 1 is 1.19 bits per heavy atom. The van der Waals surface area contributed by atoms with E-state index >= 15 is 0 Å². The minimum absolute atomic E-state index is 0.0152. The van der Waals surface area contributed by atoms with Crippen molar-refractivity contribution < 1.29 is 13.5 Å². The van der Waals surface area contributed by atoms with E-state index in [1.54, 1.807) is 13.1 Å². The summed E-state index contributed by atoms with van der Waals surface area (Å²) in [6, 6.07) is 0.303. The van der Waals surface area contributed by atoms with E-state index in [2.05, 4.69) is 26.3 Å². The Hall–Kier alpha value is -1.80. The summed E-state index contributed by atoms with van der Waals surface area (Å²) in [7, 11) is -2.88. The van der Waals surface area contributed by atoms with Crippen molar-refractivity contribution in [3.63, 3.8) is 0 Å². The lowest BCUT2D eigenvalue weighted by Gasteiger charge is -2.27. The zero-order valence-corrected chi connectivity index (χ0v) is 22.5. The van der Waals surface area contributed by atoms with E-state index < -0.39 is 15.9 Å². The van der Waals surface area contributed by atoms with Crippen LogP contribution in [0.3, 0.4) is 0 Å². The van der Waals surface area contributed by atoms with Crippen LogP contribution in [0.1, 0.15) is 51.9 Å². The van der Waals surface area contributed by atoms with Crippen LogP contribution in [-0.4, -0.2) is 71.2 Å². The van der Waals surface area contributed by atoms with Gasteiger partial charge in [-0.25, -0.2) is 13.4 Å². The van der Waals surface area contributed by atoms with E-state index in [0.29, 0.717) is 71.1 Å². The van der Waals surface area contributed by atoms with Crippen molar-refractivity contribution in [1.29, 1.82) is 0 Å². The maximum absolute atomic E-state index is 12.3. The van der Waals surface area contributed by atoms with E-state index in [1.165, 1.54) is 0 Å². The zero-order chi connectivity index (χ0) is 25.3. The molecule has 2 heterocycles. The second-order valence-electron chi connectivity index (χ2n) is 11.4. The van der Waals surface area contributed by atoms with Gasteiger partial charge in [-0.2, -0.15) is 4.98 Å². The summed E-state index contributed by atoms with van der Waals surface area (Å²) in [4.78, 5) is 11.0. The molecule has 4 unspecified atom stereocenters. The Balaban J connectivity index is 1.10. The van der Waals surface area contributed by atoms with Crippen LogP contribution in [0.4, 0.5) is 11.8 Å². The molecule has 0 saturated heterocycles. The third-order valence-corrected chi connectivity index (χ3v) is 10.1. The molecule has 0 amide bonds. The van der Waals surface area contributed by atoms with Crippen LogP contribution in [0, 0.1) is 23.7 Å². The van der Waals surface area contributed by atoms with Crippen molar-refractivity contribution in [2.75, 3.05) is 35.2 Å². The molecule has 0 bridgehead atoms. The quantitative estimate of drug-likeness (QED) is 0.368. The van der Waals surface area contributed by atoms with E-state index in [9.17, 15) is 13.5 Å². The predicted molar refractivity (Wildman–Crippen MR) is 143 cm³/mol. The minimum atomic E-state index is -2.88. The third kappa shape index (κ3) is 6.94. The number of hydrogen-bond acceptors (Lipinski definition) is 8. The van der Waals surface area contributed by atoms with Crippen LogP contribution in [0.2, 0.25) is 5.02 Å². The molecule has 10 heteroatoms. The summed E-state index contributed by atoms with van der Waals surface area (Å²) in [6.45, 7) is 3.02. The Kier molecular flexibility index (Phi) is 7.82. The molecule has 198 valence electrons. The molecule has 3 saturated carbocycles. The SMILES string of the molecule is CC(O)CN1C=C=CC(Nc2ncc(Cl)c(NC3CC4CC(CCS(=O)(=O)CC5CC5)CC4C3)n2)C1. The zero-order valence-electron chi connectivity index (χ0n) is 20.9. The summed E-state index contributed by atoms with van der Waals surface area (Å²) in [5, 5.41) is 17.0. The molecule has 3 aliphatic carbocycles. The highest BCUT2D eigenvalue weighted by atomic mass is 35.5. The van der Waals surface area contributed by atoms with Gasteiger partial charge in [0.2, 0.25) is 5.95 Å². The molecule has 1 aromatic rings. The highest BCUT2D eigenvalue weighted by Gasteiger charge is 2.42. The minimum Gasteiger partial charge on any atom is -0.392 e. The molecule has 3 fully saturated rings. The van der Waals surface area contributed by atoms with Crippen LogP contribution < -0.4 is 10.6 Å². The molecular formula is C26H38ClN5O3S. The predicted octanol–water partition coefficient (Wildman–Crippen LogP) is 3.71. The van der Waals surface area contributed by atoms with Crippen LogP contribution in [-0.2, 0) is 9.84 Å². The van der Waals surface area contributed by atoms with Gasteiger partial charge in [-0.1, -0.05) is 11.6 Å². The smallest absolute Gasteiger partial charge is 0.225 e. The van der Waals surface area contributed by atoms with E-state index in [1.807, 2.05) is 17.2 Å². The van der Waals surface area contributed by atoms with Gasteiger partial charge in [0.15, 0.2) is 15.7 Å². The lowest BCUT2D eigenvalue weighted by molar-refractivity contribution is 0.150. The molecular weight excluding hydrogens is 498 g/mol. The first kappa shape index (κ1) is 25.8. The molecule has 0 radical (unpaired) electrons. The van der Waals surface area contributed by atoms with Crippen molar-refractivity contribution in [3.8, 4) is 0 Å². The van der Waals surface area contributed by atoms with Crippen molar-refractivity contribution in [2.24, 2.45) is 23.7 Å². The lowest BCUT2D eigenvalue weighted by Crippen LogP contribution is -2.38. The number of anilines is 2. The Morgan fingerprint density at radius 3 is 2.64 bits per heavy atom.